The molecular weight excluding hydrogens is 426 g/mol. The van der Waals surface area contributed by atoms with Crippen molar-refractivity contribution in [3.63, 3.8) is 0 Å². The predicted molar refractivity (Wildman–Crippen MR) is 124 cm³/mol. The second-order valence-electron chi connectivity index (χ2n) is 7.62. The maximum atomic E-state index is 12.2. The van der Waals surface area contributed by atoms with Gasteiger partial charge in [0.2, 0.25) is 0 Å². The van der Waals surface area contributed by atoms with Crippen molar-refractivity contribution in [2.45, 2.75) is 13.8 Å². The molecule has 0 unspecified atom stereocenters. The van der Waals surface area contributed by atoms with Crippen LogP contribution < -0.4 is 25.2 Å². The van der Waals surface area contributed by atoms with Crippen molar-refractivity contribution in [2.24, 2.45) is 5.92 Å². The molecule has 0 radical (unpaired) electrons. The molecule has 8 nitrogen and oxygen atoms in total. The molecule has 1 aromatic heterocycles. The number of ether oxygens (including phenoxy) is 3. The average Bonchev–Trinajstić information content (AvgIpc) is 2.80. The first kappa shape index (κ1) is 23.6. The van der Waals surface area contributed by atoms with E-state index in [4.69, 9.17) is 18.6 Å². The molecule has 0 bridgehead atoms. The lowest BCUT2D eigenvalue weighted by Crippen LogP contribution is -2.31. The first-order valence-corrected chi connectivity index (χ1v) is 10.3. The number of nitrogens with one attached hydrogen (secondary N) is 1. The Bertz CT molecular complexity index is 1260. The van der Waals surface area contributed by atoms with E-state index in [1.165, 1.54) is 25.3 Å². The van der Waals surface area contributed by atoms with Crippen molar-refractivity contribution in [3.05, 3.63) is 70.1 Å². The summed E-state index contributed by atoms with van der Waals surface area (Å²) in [5, 5.41) is 3.22. The lowest BCUT2D eigenvalue weighted by atomic mass is 10.1. The van der Waals surface area contributed by atoms with E-state index in [9.17, 15) is 14.4 Å². The van der Waals surface area contributed by atoms with Gasteiger partial charge in [0.05, 0.1) is 14.2 Å². The molecule has 1 N–H and O–H groups in total. The number of carbonyl (C=O) groups excluding carboxylic acids is 2. The largest absolute Gasteiger partial charge is 0.493 e. The minimum Gasteiger partial charge on any atom is -0.493 e. The average molecular weight is 451 g/mol. The van der Waals surface area contributed by atoms with Gasteiger partial charge in [0.15, 0.2) is 11.5 Å². The molecule has 0 fully saturated rings. The first-order chi connectivity index (χ1) is 15.8. The zero-order chi connectivity index (χ0) is 24.0. The second-order valence-corrected chi connectivity index (χ2v) is 7.62. The van der Waals surface area contributed by atoms with Crippen LogP contribution in [0, 0.1) is 5.92 Å². The summed E-state index contributed by atoms with van der Waals surface area (Å²) in [6.07, 6.45) is 2.84. The summed E-state index contributed by atoms with van der Waals surface area (Å²) in [5.74, 6) is 0.459. The van der Waals surface area contributed by atoms with Gasteiger partial charge in [0.1, 0.15) is 16.9 Å². The highest BCUT2D eigenvalue weighted by atomic mass is 16.5. The standard InChI is InChI=1S/C25H25NO7/c1-15(2)14-26-24(28)19-12-17-7-8-18(13-21(17)33-25(19)29)32-23(27)10-6-16-5-9-20(30-3)22(11-16)31-4/h5-13,15H,14H2,1-4H3,(H,26,28)/b10-6+. The smallest absolute Gasteiger partial charge is 0.349 e. The van der Waals surface area contributed by atoms with Gasteiger partial charge in [-0.25, -0.2) is 9.59 Å². The zero-order valence-corrected chi connectivity index (χ0v) is 18.8. The molecule has 3 rings (SSSR count). The number of esters is 1. The Morgan fingerprint density at radius 3 is 2.48 bits per heavy atom. The van der Waals surface area contributed by atoms with Crippen molar-refractivity contribution in [3.8, 4) is 17.2 Å². The Kier molecular flexibility index (Phi) is 7.50. The van der Waals surface area contributed by atoms with Gasteiger partial charge in [0.25, 0.3) is 5.91 Å². The van der Waals surface area contributed by atoms with Crippen LogP contribution >= 0.6 is 0 Å². The highest BCUT2D eigenvalue weighted by Crippen LogP contribution is 2.28. The maximum Gasteiger partial charge on any atom is 0.349 e. The van der Waals surface area contributed by atoms with E-state index < -0.39 is 17.5 Å². The molecule has 2 aromatic carbocycles. The van der Waals surface area contributed by atoms with Crippen LogP contribution in [0.5, 0.6) is 17.2 Å². The molecule has 0 spiro atoms. The van der Waals surface area contributed by atoms with Crippen LogP contribution in [0.2, 0.25) is 0 Å². The summed E-state index contributed by atoms with van der Waals surface area (Å²) in [6.45, 7) is 4.35. The topological polar surface area (TPSA) is 104 Å². The monoisotopic (exact) mass is 451 g/mol. The van der Waals surface area contributed by atoms with E-state index in [0.717, 1.165) is 5.56 Å². The number of carbonyl (C=O) groups is 2. The maximum absolute atomic E-state index is 12.2. The number of hydrogen-bond donors (Lipinski definition) is 1. The highest BCUT2D eigenvalue weighted by Gasteiger charge is 2.14. The van der Waals surface area contributed by atoms with E-state index in [0.29, 0.717) is 23.4 Å². The van der Waals surface area contributed by atoms with Crippen molar-refractivity contribution >= 4 is 28.9 Å². The fraction of sp³-hybridized carbons (Fsp3) is 0.240. The Hall–Kier alpha value is -4.07. The Balaban J connectivity index is 1.73. The van der Waals surface area contributed by atoms with Gasteiger partial charge in [-0.1, -0.05) is 19.9 Å². The molecule has 1 heterocycles. The molecule has 3 aromatic rings. The Morgan fingerprint density at radius 2 is 1.79 bits per heavy atom. The second kappa shape index (κ2) is 10.5. The van der Waals surface area contributed by atoms with Crippen molar-refractivity contribution in [1.29, 1.82) is 0 Å². The minimum atomic E-state index is -0.763. The highest BCUT2D eigenvalue weighted by molar-refractivity contribution is 5.97. The normalized spacial score (nSPS) is 11.1. The van der Waals surface area contributed by atoms with Gasteiger partial charge < -0.3 is 23.9 Å². The minimum absolute atomic E-state index is 0.0780. The molecule has 0 aliphatic rings. The number of benzene rings is 2. The van der Waals surface area contributed by atoms with Crippen molar-refractivity contribution < 1.29 is 28.2 Å². The summed E-state index contributed by atoms with van der Waals surface area (Å²) < 4.78 is 21.0. The van der Waals surface area contributed by atoms with E-state index in [1.54, 1.807) is 43.5 Å². The van der Waals surface area contributed by atoms with E-state index >= 15 is 0 Å². The number of fused-ring (bicyclic) bond motifs is 1. The molecule has 0 saturated heterocycles. The predicted octanol–water partition coefficient (Wildman–Crippen LogP) is 3.81. The van der Waals surface area contributed by atoms with Gasteiger partial charge in [-0.3, -0.25) is 4.79 Å². The van der Waals surface area contributed by atoms with Gasteiger partial charge in [0, 0.05) is 24.1 Å². The molecular formula is C25H25NO7. The van der Waals surface area contributed by atoms with E-state index in [2.05, 4.69) is 5.32 Å². The number of amides is 1. The van der Waals surface area contributed by atoms with Gasteiger partial charge in [-0.15, -0.1) is 0 Å². The fourth-order valence-corrected chi connectivity index (χ4v) is 2.98. The van der Waals surface area contributed by atoms with Crippen LogP contribution in [0.1, 0.15) is 29.8 Å². The third-order valence-corrected chi connectivity index (χ3v) is 4.66. The lowest BCUT2D eigenvalue weighted by molar-refractivity contribution is -0.128. The molecule has 172 valence electrons. The molecule has 0 saturated carbocycles. The van der Waals surface area contributed by atoms with Crippen molar-refractivity contribution in [2.75, 3.05) is 20.8 Å². The van der Waals surface area contributed by atoms with Crippen LogP contribution in [-0.4, -0.2) is 32.6 Å². The first-order valence-electron chi connectivity index (χ1n) is 10.3. The Morgan fingerprint density at radius 1 is 1.03 bits per heavy atom. The summed E-state index contributed by atoms with van der Waals surface area (Å²) in [6, 6.07) is 11.3. The van der Waals surface area contributed by atoms with Crippen molar-refractivity contribution in [1.82, 2.24) is 5.32 Å². The lowest BCUT2D eigenvalue weighted by Gasteiger charge is -2.08. The van der Waals surface area contributed by atoms with Gasteiger partial charge >= 0.3 is 11.6 Å². The quantitative estimate of drug-likeness (QED) is 0.240. The van der Waals surface area contributed by atoms with E-state index in [1.807, 2.05) is 13.8 Å². The summed E-state index contributed by atoms with van der Waals surface area (Å²) in [7, 11) is 3.07. The number of hydrogen-bond acceptors (Lipinski definition) is 7. The van der Waals surface area contributed by atoms with Crippen LogP contribution in [0.25, 0.3) is 17.0 Å². The third kappa shape index (κ3) is 6.00. The molecule has 0 aliphatic carbocycles. The number of rotatable bonds is 8. The summed E-state index contributed by atoms with van der Waals surface area (Å²) in [4.78, 5) is 36.7. The number of methoxy groups -OCH3 is 2. The summed E-state index contributed by atoms with van der Waals surface area (Å²) >= 11 is 0. The molecule has 0 aliphatic heterocycles. The Labute approximate surface area is 190 Å². The van der Waals surface area contributed by atoms with Crippen LogP contribution in [0.3, 0.4) is 0 Å². The third-order valence-electron chi connectivity index (χ3n) is 4.66. The summed E-state index contributed by atoms with van der Waals surface area (Å²) in [5.41, 5.74) is 0.0818. The van der Waals surface area contributed by atoms with Gasteiger partial charge in [-0.2, -0.15) is 0 Å². The van der Waals surface area contributed by atoms with Crippen LogP contribution in [0.4, 0.5) is 0 Å². The van der Waals surface area contributed by atoms with Gasteiger partial charge in [-0.05, 0) is 47.9 Å². The molecule has 1 amide bonds. The van der Waals surface area contributed by atoms with E-state index in [-0.39, 0.29) is 22.8 Å². The molecule has 8 heteroatoms. The SMILES string of the molecule is COc1ccc(/C=C/C(=O)Oc2ccc3cc(C(=O)NCC(C)C)c(=O)oc3c2)cc1OC. The van der Waals surface area contributed by atoms with Crippen LogP contribution in [-0.2, 0) is 4.79 Å². The van der Waals surface area contributed by atoms with Crippen LogP contribution in [0.15, 0.2) is 57.8 Å². The molecule has 0 atom stereocenters. The molecule has 33 heavy (non-hydrogen) atoms. The fourth-order valence-electron chi connectivity index (χ4n) is 2.98. The zero-order valence-electron chi connectivity index (χ0n) is 18.8.